The van der Waals surface area contributed by atoms with Crippen LogP contribution in [-0.4, -0.2) is 32.8 Å². The van der Waals surface area contributed by atoms with Crippen molar-refractivity contribution in [3.63, 3.8) is 0 Å². The van der Waals surface area contributed by atoms with E-state index in [4.69, 9.17) is 11.6 Å². The number of aromatic nitrogens is 2. The van der Waals surface area contributed by atoms with Crippen molar-refractivity contribution in [3.05, 3.63) is 56.4 Å². The molecule has 2 aromatic rings. The van der Waals surface area contributed by atoms with Crippen LogP contribution in [0.2, 0.25) is 5.02 Å². The Morgan fingerprint density at radius 2 is 2.04 bits per heavy atom. The van der Waals surface area contributed by atoms with Crippen LogP contribution < -0.4 is 5.43 Å². The zero-order valence-electron chi connectivity index (χ0n) is 13.4. The highest BCUT2D eigenvalue weighted by Gasteiger charge is 2.12. The van der Waals surface area contributed by atoms with E-state index in [1.807, 2.05) is 19.9 Å². The van der Waals surface area contributed by atoms with Crippen molar-refractivity contribution >= 4 is 41.2 Å². The highest BCUT2D eigenvalue weighted by Crippen LogP contribution is 2.24. The lowest BCUT2D eigenvalue weighted by Crippen LogP contribution is -2.19. The average Bonchev–Trinajstić information content (AvgIpc) is 2.53. The van der Waals surface area contributed by atoms with Gasteiger partial charge in [-0.25, -0.2) is 15.4 Å². The molecule has 0 aliphatic heterocycles. The van der Waals surface area contributed by atoms with Gasteiger partial charge in [0.25, 0.3) is 11.6 Å². The second-order valence-corrected chi connectivity index (χ2v) is 6.33. The second-order valence-electron chi connectivity index (χ2n) is 4.98. The summed E-state index contributed by atoms with van der Waals surface area (Å²) in [6.45, 7) is 3.71. The maximum atomic E-state index is 11.8. The summed E-state index contributed by atoms with van der Waals surface area (Å²) < 4.78 is 0. The molecule has 8 nitrogen and oxygen atoms in total. The molecule has 1 N–H and O–H groups in total. The summed E-state index contributed by atoms with van der Waals surface area (Å²) in [5.74, 6) is -0.242. The lowest BCUT2D eigenvalue weighted by Gasteiger charge is -2.02. The van der Waals surface area contributed by atoms with Gasteiger partial charge in [-0.15, -0.1) is 0 Å². The monoisotopic (exact) mass is 379 g/mol. The van der Waals surface area contributed by atoms with Crippen molar-refractivity contribution in [2.75, 3.05) is 5.75 Å². The van der Waals surface area contributed by atoms with E-state index >= 15 is 0 Å². The number of halogens is 1. The average molecular weight is 380 g/mol. The number of hydrogen-bond donors (Lipinski definition) is 1. The van der Waals surface area contributed by atoms with Gasteiger partial charge in [0, 0.05) is 23.0 Å². The van der Waals surface area contributed by atoms with Gasteiger partial charge in [0.1, 0.15) is 5.02 Å². The maximum Gasteiger partial charge on any atom is 0.288 e. The van der Waals surface area contributed by atoms with E-state index in [1.165, 1.54) is 30.1 Å². The minimum Gasteiger partial charge on any atom is -0.272 e. The van der Waals surface area contributed by atoms with Gasteiger partial charge in [-0.3, -0.25) is 14.9 Å². The molecule has 0 aliphatic carbocycles. The van der Waals surface area contributed by atoms with Crippen LogP contribution in [0.4, 0.5) is 5.69 Å². The van der Waals surface area contributed by atoms with Gasteiger partial charge in [0.05, 0.1) is 16.9 Å². The summed E-state index contributed by atoms with van der Waals surface area (Å²) >= 11 is 6.92. The number of aryl methyl sites for hydroxylation is 2. The summed E-state index contributed by atoms with van der Waals surface area (Å²) in [7, 11) is 0. The lowest BCUT2D eigenvalue weighted by molar-refractivity contribution is -0.384. The molecule has 0 atom stereocenters. The molecule has 0 aliphatic rings. The Labute approximate surface area is 152 Å². The summed E-state index contributed by atoms with van der Waals surface area (Å²) in [5, 5.41) is 15.1. The van der Waals surface area contributed by atoms with Gasteiger partial charge < -0.3 is 0 Å². The van der Waals surface area contributed by atoms with Crippen LogP contribution in [0.25, 0.3) is 0 Å². The molecule has 0 bridgehead atoms. The Morgan fingerprint density at radius 1 is 1.36 bits per heavy atom. The van der Waals surface area contributed by atoms with Crippen LogP contribution in [0.5, 0.6) is 0 Å². The van der Waals surface area contributed by atoms with Crippen LogP contribution in [-0.2, 0) is 4.79 Å². The van der Waals surface area contributed by atoms with Crippen molar-refractivity contribution in [3.8, 4) is 0 Å². The fourth-order valence-corrected chi connectivity index (χ4v) is 2.78. The molecule has 0 saturated carbocycles. The molecule has 1 heterocycles. The molecule has 0 saturated heterocycles. The smallest absolute Gasteiger partial charge is 0.272 e. The predicted molar refractivity (Wildman–Crippen MR) is 96.1 cm³/mol. The highest BCUT2D eigenvalue weighted by atomic mass is 35.5. The topological polar surface area (TPSA) is 110 Å². The quantitative estimate of drug-likeness (QED) is 0.271. The summed E-state index contributed by atoms with van der Waals surface area (Å²) in [6.07, 6.45) is 1.30. The Balaban J connectivity index is 1.90. The number of nitro groups is 1. The molecule has 130 valence electrons. The van der Waals surface area contributed by atoms with Gasteiger partial charge in [0.15, 0.2) is 5.16 Å². The van der Waals surface area contributed by atoms with Crippen molar-refractivity contribution in [2.45, 2.75) is 19.0 Å². The van der Waals surface area contributed by atoms with Crippen LogP contribution in [0.3, 0.4) is 0 Å². The van der Waals surface area contributed by atoms with E-state index in [2.05, 4.69) is 20.5 Å². The van der Waals surface area contributed by atoms with E-state index in [-0.39, 0.29) is 22.4 Å². The summed E-state index contributed by atoms with van der Waals surface area (Å²) in [6, 6.07) is 6.08. The number of nitrogens with zero attached hydrogens (tertiary/aromatic N) is 4. The molecular formula is C15H14ClN5O3S. The number of hydrazone groups is 1. The molecule has 2 rings (SSSR count). The number of nitro benzene ring substituents is 1. The second kappa shape index (κ2) is 8.54. The fourth-order valence-electron chi connectivity index (χ4n) is 1.85. The number of hydrogen-bond acceptors (Lipinski definition) is 7. The lowest BCUT2D eigenvalue weighted by atomic mass is 10.2. The first-order valence-corrected chi connectivity index (χ1v) is 8.42. The third-order valence-corrected chi connectivity index (χ3v) is 4.03. The standard InChI is InChI=1S/C15H14ClN5O3S/c1-9-5-10(2)19-15(18-9)25-8-14(22)20-17-7-11-3-4-12(16)13(6-11)21(23)24/h3-7H,8H2,1-2H3,(H,20,22)/b17-7-. The minimum atomic E-state index is -0.585. The van der Waals surface area contributed by atoms with Crippen molar-refractivity contribution in [1.29, 1.82) is 0 Å². The van der Waals surface area contributed by atoms with E-state index in [9.17, 15) is 14.9 Å². The zero-order chi connectivity index (χ0) is 18.4. The summed E-state index contributed by atoms with van der Waals surface area (Å²) in [4.78, 5) is 30.5. The molecule has 1 aromatic carbocycles. The molecular weight excluding hydrogens is 366 g/mol. The largest absolute Gasteiger partial charge is 0.288 e. The Morgan fingerprint density at radius 3 is 2.68 bits per heavy atom. The molecule has 25 heavy (non-hydrogen) atoms. The van der Waals surface area contributed by atoms with Gasteiger partial charge in [-0.1, -0.05) is 29.4 Å². The van der Waals surface area contributed by atoms with Gasteiger partial charge >= 0.3 is 0 Å². The minimum absolute atomic E-state index is 0.0380. The van der Waals surface area contributed by atoms with Crippen molar-refractivity contribution in [1.82, 2.24) is 15.4 Å². The van der Waals surface area contributed by atoms with Crippen LogP contribution in [0, 0.1) is 24.0 Å². The van der Waals surface area contributed by atoms with E-state index in [0.29, 0.717) is 10.7 Å². The van der Waals surface area contributed by atoms with Crippen LogP contribution in [0.1, 0.15) is 17.0 Å². The molecule has 0 radical (unpaired) electrons. The zero-order valence-corrected chi connectivity index (χ0v) is 15.0. The van der Waals surface area contributed by atoms with Crippen molar-refractivity contribution in [2.24, 2.45) is 5.10 Å². The first-order chi connectivity index (χ1) is 11.8. The number of nitrogens with one attached hydrogen (secondary N) is 1. The maximum absolute atomic E-state index is 11.8. The molecule has 0 spiro atoms. The molecule has 0 fully saturated rings. The van der Waals surface area contributed by atoms with Gasteiger partial charge in [-0.2, -0.15) is 5.10 Å². The highest BCUT2D eigenvalue weighted by molar-refractivity contribution is 7.99. The Kier molecular flexibility index (Phi) is 6.43. The number of carbonyl (C=O) groups excluding carboxylic acids is 1. The predicted octanol–water partition coefficient (Wildman–Crippen LogP) is 2.90. The SMILES string of the molecule is Cc1cc(C)nc(SCC(=O)N/N=C\c2ccc(Cl)c([N+](=O)[O-])c2)n1. The summed E-state index contributed by atoms with van der Waals surface area (Å²) in [5.41, 5.74) is 4.23. The number of benzene rings is 1. The van der Waals surface area contributed by atoms with Crippen molar-refractivity contribution < 1.29 is 9.72 Å². The Bertz CT molecular complexity index is 824. The van der Waals surface area contributed by atoms with E-state index < -0.39 is 4.92 Å². The first-order valence-electron chi connectivity index (χ1n) is 7.06. The normalized spacial score (nSPS) is 10.8. The Hall–Kier alpha value is -2.52. The first kappa shape index (κ1) is 18.8. The van der Waals surface area contributed by atoms with Gasteiger partial charge in [0.2, 0.25) is 0 Å². The van der Waals surface area contributed by atoms with Gasteiger partial charge in [-0.05, 0) is 26.0 Å². The molecule has 1 amide bonds. The van der Waals surface area contributed by atoms with E-state index in [0.717, 1.165) is 11.4 Å². The van der Waals surface area contributed by atoms with Crippen LogP contribution in [0.15, 0.2) is 34.5 Å². The van der Waals surface area contributed by atoms with Crippen LogP contribution >= 0.6 is 23.4 Å². The van der Waals surface area contributed by atoms with E-state index in [1.54, 1.807) is 6.07 Å². The number of amides is 1. The third kappa shape index (κ3) is 5.80. The molecule has 10 heteroatoms. The third-order valence-electron chi connectivity index (χ3n) is 2.86. The number of carbonyl (C=O) groups is 1. The molecule has 1 aromatic heterocycles. The number of rotatable bonds is 6. The molecule has 0 unspecified atom stereocenters. The fraction of sp³-hybridized carbons (Fsp3) is 0.200. The number of thioether (sulfide) groups is 1.